The van der Waals surface area contributed by atoms with Gasteiger partial charge in [0.1, 0.15) is 0 Å². The molecule has 0 amide bonds. The van der Waals surface area contributed by atoms with Crippen LogP contribution in [0.15, 0.2) is 17.0 Å². The first kappa shape index (κ1) is 16.2. The van der Waals surface area contributed by atoms with Crippen molar-refractivity contribution in [1.82, 2.24) is 0 Å². The fourth-order valence-electron chi connectivity index (χ4n) is 1.45. The summed E-state index contributed by atoms with van der Waals surface area (Å²) in [5.41, 5.74) is -7.35. The summed E-state index contributed by atoms with van der Waals surface area (Å²) in [5.74, 6) is -1.36. The predicted octanol–water partition coefficient (Wildman–Crippen LogP) is 3.89. The lowest BCUT2D eigenvalue weighted by Crippen LogP contribution is -2.12. The summed E-state index contributed by atoms with van der Waals surface area (Å²) in [6.07, 6.45) is -3.28. The van der Waals surface area contributed by atoms with Crippen LogP contribution in [0, 0.1) is 11.3 Å². The number of alkyl halides is 5. The molecule has 0 bridgehead atoms. The number of hydrogen-bond donors (Lipinski definition) is 0. The Morgan fingerprint density at radius 2 is 2.00 bits per heavy atom. The molecular formula is C11H6F5NO2S. The molecule has 9 heteroatoms. The second-order valence-corrected chi connectivity index (χ2v) is 4.46. The molecule has 1 rings (SSSR count). The number of rotatable bonds is 3. The molecule has 0 aliphatic rings. The molecule has 0 saturated heterocycles. The van der Waals surface area contributed by atoms with Gasteiger partial charge in [0, 0.05) is 4.90 Å². The maximum Gasteiger partial charge on any atom is 0.446 e. The van der Waals surface area contributed by atoms with Gasteiger partial charge in [-0.15, -0.1) is 0 Å². The van der Waals surface area contributed by atoms with Gasteiger partial charge in [-0.1, -0.05) is 0 Å². The number of ether oxygens (including phenoxy) is 1. The third kappa shape index (κ3) is 3.60. The molecule has 0 atom stereocenters. The van der Waals surface area contributed by atoms with Crippen LogP contribution in [0.2, 0.25) is 0 Å². The van der Waals surface area contributed by atoms with Crippen LogP contribution in [-0.2, 0) is 4.74 Å². The molecule has 0 unspecified atom stereocenters. The Hall–Kier alpha value is -1.82. The first-order chi connectivity index (χ1) is 9.21. The average molecular weight is 311 g/mol. The van der Waals surface area contributed by atoms with E-state index in [0.29, 0.717) is 0 Å². The molecule has 0 fully saturated rings. The maximum atomic E-state index is 12.9. The van der Waals surface area contributed by atoms with E-state index in [1.807, 2.05) is 0 Å². The van der Waals surface area contributed by atoms with Gasteiger partial charge < -0.3 is 4.74 Å². The van der Waals surface area contributed by atoms with E-state index < -0.39 is 51.3 Å². The molecule has 0 radical (unpaired) electrons. The van der Waals surface area contributed by atoms with Gasteiger partial charge in [0.2, 0.25) is 0 Å². The standard InChI is InChI=1S/C11H6F5NO2S/c1-19-10(18)8-6(20-11(14,15)16)3-2-5(4-17)7(8)9(12)13/h2-3,9H,1H3. The topological polar surface area (TPSA) is 50.1 Å². The summed E-state index contributed by atoms with van der Waals surface area (Å²) in [5, 5.41) is 8.71. The van der Waals surface area contributed by atoms with E-state index in [-0.39, 0.29) is 0 Å². The van der Waals surface area contributed by atoms with Gasteiger partial charge in [-0.25, -0.2) is 13.6 Å². The lowest BCUT2D eigenvalue weighted by Gasteiger charge is -2.14. The quantitative estimate of drug-likeness (QED) is 0.483. The average Bonchev–Trinajstić information content (AvgIpc) is 2.35. The van der Waals surface area contributed by atoms with Crippen LogP contribution >= 0.6 is 11.8 Å². The number of thioether (sulfide) groups is 1. The molecule has 3 nitrogen and oxygen atoms in total. The van der Waals surface area contributed by atoms with E-state index in [0.717, 1.165) is 19.2 Å². The van der Waals surface area contributed by atoms with E-state index in [9.17, 15) is 26.7 Å². The van der Waals surface area contributed by atoms with Crippen molar-refractivity contribution in [3.05, 3.63) is 28.8 Å². The van der Waals surface area contributed by atoms with E-state index in [4.69, 9.17) is 5.26 Å². The van der Waals surface area contributed by atoms with Crippen LogP contribution in [0.3, 0.4) is 0 Å². The first-order valence-electron chi connectivity index (χ1n) is 4.90. The van der Waals surface area contributed by atoms with Crippen LogP contribution in [0.4, 0.5) is 22.0 Å². The summed E-state index contributed by atoms with van der Waals surface area (Å²) < 4.78 is 67.2. The minimum atomic E-state index is -4.77. The molecule has 20 heavy (non-hydrogen) atoms. The molecule has 0 aromatic heterocycles. The van der Waals surface area contributed by atoms with Crippen LogP contribution in [-0.4, -0.2) is 18.6 Å². The third-order valence-corrected chi connectivity index (χ3v) is 2.95. The van der Waals surface area contributed by atoms with Crippen molar-refractivity contribution in [3.8, 4) is 6.07 Å². The highest BCUT2D eigenvalue weighted by atomic mass is 32.2. The Bertz CT molecular complexity index is 565. The normalized spacial score (nSPS) is 11.3. The minimum absolute atomic E-state index is 0.577. The summed E-state index contributed by atoms with van der Waals surface area (Å²) >= 11 is -0.722. The number of hydrogen-bond acceptors (Lipinski definition) is 4. The van der Waals surface area contributed by atoms with Gasteiger partial charge in [0.15, 0.2) is 0 Å². The van der Waals surface area contributed by atoms with Crippen LogP contribution in [0.5, 0.6) is 0 Å². The Morgan fingerprint density at radius 1 is 1.40 bits per heavy atom. The number of benzene rings is 1. The van der Waals surface area contributed by atoms with Crippen molar-refractivity contribution in [1.29, 1.82) is 5.26 Å². The second kappa shape index (κ2) is 6.09. The summed E-state index contributed by atoms with van der Waals surface area (Å²) in [7, 11) is 0.846. The number of esters is 1. The number of carbonyl (C=O) groups excluding carboxylic acids is 1. The van der Waals surface area contributed by atoms with Crippen molar-refractivity contribution < 1.29 is 31.5 Å². The van der Waals surface area contributed by atoms with Gasteiger partial charge in [0.05, 0.1) is 29.9 Å². The van der Waals surface area contributed by atoms with Crippen LogP contribution in [0.1, 0.15) is 27.9 Å². The van der Waals surface area contributed by atoms with Crippen molar-refractivity contribution in [3.63, 3.8) is 0 Å². The van der Waals surface area contributed by atoms with Crippen LogP contribution < -0.4 is 0 Å². The molecule has 0 spiro atoms. The molecule has 0 N–H and O–H groups in total. The Balaban J connectivity index is 3.58. The molecule has 1 aromatic carbocycles. The monoisotopic (exact) mass is 311 g/mol. The maximum absolute atomic E-state index is 12.9. The van der Waals surface area contributed by atoms with E-state index in [2.05, 4.69) is 4.74 Å². The lowest BCUT2D eigenvalue weighted by molar-refractivity contribution is -0.0328. The summed E-state index contributed by atoms with van der Waals surface area (Å²) in [6, 6.07) is 3.00. The Morgan fingerprint density at radius 3 is 2.40 bits per heavy atom. The fraction of sp³-hybridized carbons (Fsp3) is 0.273. The van der Waals surface area contributed by atoms with Gasteiger partial charge in [-0.3, -0.25) is 0 Å². The largest absolute Gasteiger partial charge is 0.465 e. The predicted molar refractivity (Wildman–Crippen MR) is 59.4 cm³/mol. The van der Waals surface area contributed by atoms with Gasteiger partial charge >= 0.3 is 11.5 Å². The van der Waals surface area contributed by atoms with E-state index in [1.165, 1.54) is 6.07 Å². The highest BCUT2D eigenvalue weighted by molar-refractivity contribution is 8.00. The zero-order valence-electron chi connectivity index (χ0n) is 9.79. The van der Waals surface area contributed by atoms with Gasteiger partial charge in [-0.2, -0.15) is 18.4 Å². The number of halogens is 5. The van der Waals surface area contributed by atoms with Gasteiger partial charge in [0.25, 0.3) is 6.43 Å². The van der Waals surface area contributed by atoms with Crippen molar-refractivity contribution in [2.45, 2.75) is 16.8 Å². The Kier molecular flexibility index (Phi) is 4.94. The van der Waals surface area contributed by atoms with Crippen molar-refractivity contribution in [2.75, 3.05) is 7.11 Å². The molecule has 0 heterocycles. The van der Waals surface area contributed by atoms with Crippen molar-refractivity contribution in [2.24, 2.45) is 0 Å². The molecule has 0 aliphatic heterocycles. The smallest absolute Gasteiger partial charge is 0.446 e. The number of nitrogens with zero attached hydrogens (tertiary/aromatic N) is 1. The third-order valence-electron chi connectivity index (χ3n) is 2.16. The van der Waals surface area contributed by atoms with Gasteiger partial charge in [-0.05, 0) is 23.9 Å². The molecule has 0 aliphatic carbocycles. The second-order valence-electron chi connectivity index (χ2n) is 3.35. The molecule has 1 aromatic rings. The van der Waals surface area contributed by atoms with Crippen molar-refractivity contribution >= 4 is 17.7 Å². The molecule has 108 valence electrons. The summed E-state index contributed by atoms with van der Waals surface area (Å²) in [6.45, 7) is 0. The highest BCUT2D eigenvalue weighted by Gasteiger charge is 2.34. The minimum Gasteiger partial charge on any atom is -0.465 e. The SMILES string of the molecule is COC(=O)c1c(SC(F)(F)F)ccc(C#N)c1C(F)F. The Labute approximate surface area is 114 Å². The van der Waals surface area contributed by atoms with E-state index in [1.54, 1.807) is 0 Å². The first-order valence-corrected chi connectivity index (χ1v) is 5.72. The molecular weight excluding hydrogens is 305 g/mol. The fourth-order valence-corrected chi connectivity index (χ4v) is 2.13. The van der Waals surface area contributed by atoms with Crippen LogP contribution in [0.25, 0.3) is 0 Å². The number of carbonyl (C=O) groups is 1. The zero-order valence-corrected chi connectivity index (χ0v) is 10.6. The number of nitriles is 1. The highest BCUT2D eigenvalue weighted by Crippen LogP contribution is 2.42. The molecule has 0 saturated carbocycles. The lowest BCUT2D eigenvalue weighted by atomic mass is 10.0. The summed E-state index contributed by atoms with van der Waals surface area (Å²) in [4.78, 5) is 10.7. The number of methoxy groups -OCH3 is 1. The van der Waals surface area contributed by atoms with E-state index >= 15 is 0 Å². The zero-order chi connectivity index (χ0) is 15.5.